The molecule has 0 heterocycles. The van der Waals surface area contributed by atoms with Gasteiger partial charge in [0.2, 0.25) is 0 Å². The molecule has 0 N–H and O–H groups in total. The summed E-state index contributed by atoms with van der Waals surface area (Å²) in [6, 6.07) is 10.7. The van der Waals surface area contributed by atoms with Crippen LogP contribution in [-0.2, 0) is 28.6 Å². The first-order chi connectivity index (χ1) is 13.2. The molecule has 0 fully saturated rings. The van der Waals surface area contributed by atoms with E-state index in [9.17, 15) is 16.8 Å². The quantitative estimate of drug-likeness (QED) is 0.423. The fourth-order valence-corrected chi connectivity index (χ4v) is 4.12. The van der Waals surface area contributed by atoms with E-state index in [1.165, 1.54) is 24.3 Å². The molecule has 0 saturated carbocycles. The highest BCUT2D eigenvalue weighted by atomic mass is 32.2. The Kier molecular flexibility index (Phi) is 7.59. The summed E-state index contributed by atoms with van der Waals surface area (Å²) in [5.41, 5.74) is 1.64. The predicted molar refractivity (Wildman–Crippen MR) is 104 cm³/mol. The molecule has 0 aliphatic heterocycles. The largest absolute Gasteiger partial charge is 0.491 e. The number of hydrogen-bond acceptors (Lipinski definition) is 7. The zero-order chi connectivity index (χ0) is 20.8. The van der Waals surface area contributed by atoms with Crippen molar-refractivity contribution in [3.8, 4) is 5.75 Å². The zero-order valence-electron chi connectivity index (χ0n) is 16.0. The second-order valence-corrected chi connectivity index (χ2v) is 9.37. The van der Waals surface area contributed by atoms with Gasteiger partial charge in [-0.25, -0.2) is 0 Å². The van der Waals surface area contributed by atoms with Crippen molar-refractivity contribution >= 4 is 20.2 Å². The maximum atomic E-state index is 12.1. The summed E-state index contributed by atoms with van der Waals surface area (Å²) in [5.74, 6) is 0.317. The summed E-state index contributed by atoms with van der Waals surface area (Å²) >= 11 is 0. The molecule has 0 atom stereocenters. The summed E-state index contributed by atoms with van der Waals surface area (Å²) < 4.78 is 63.9. The maximum Gasteiger partial charge on any atom is 0.297 e. The molecule has 0 unspecified atom stereocenters. The van der Waals surface area contributed by atoms with Gasteiger partial charge < -0.3 is 4.74 Å². The van der Waals surface area contributed by atoms with Gasteiger partial charge in [0.1, 0.15) is 19.0 Å². The third-order valence-corrected chi connectivity index (χ3v) is 6.41. The van der Waals surface area contributed by atoms with Crippen molar-refractivity contribution < 1.29 is 29.9 Å². The van der Waals surface area contributed by atoms with Gasteiger partial charge in [0, 0.05) is 6.07 Å². The van der Waals surface area contributed by atoms with Gasteiger partial charge in [0.15, 0.2) is 0 Å². The molecule has 0 aliphatic carbocycles. The van der Waals surface area contributed by atoms with Gasteiger partial charge in [-0.1, -0.05) is 30.7 Å². The highest BCUT2D eigenvalue weighted by Gasteiger charge is 2.17. The van der Waals surface area contributed by atoms with Crippen LogP contribution in [0, 0.1) is 13.8 Å². The molecule has 9 heteroatoms. The van der Waals surface area contributed by atoms with Gasteiger partial charge >= 0.3 is 0 Å². The first-order valence-corrected chi connectivity index (χ1v) is 11.6. The van der Waals surface area contributed by atoms with Crippen molar-refractivity contribution in [1.29, 1.82) is 0 Å². The summed E-state index contributed by atoms with van der Waals surface area (Å²) in [6.07, 6.45) is 0.571. The van der Waals surface area contributed by atoms with E-state index in [1.807, 2.05) is 13.8 Å². The van der Waals surface area contributed by atoms with Crippen LogP contribution in [0.15, 0.2) is 52.3 Å². The van der Waals surface area contributed by atoms with Gasteiger partial charge in [-0.3, -0.25) is 8.37 Å². The molecule has 2 aromatic rings. The zero-order valence-corrected chi connectivity index (χ0v) is 17.7. The lowest BCUT2D eigenvalue weighted by molar-refractivity contribution is 0.220. The molecule has 0 spiro atoms. The molecule has 7 nitrogen and oxygen atoms in total. The number of ether oxygens (including phenoxy) is 1. The Morgan fingerprint density at radius 2 is 1.32 bits per heavy atom. The lowest BCUT2D eigenvalue weighted by Crippen LogP contribution is -2.14. The smallest absolute Gasteiger partial charge is 0.297 e. The molecular weight excluding hydrogens is 404 g/mol. The van der Waals surface area contributed by atoms with E-state index < -0.39 is 20.2 Å². The summed E-state index contributed by atoms with van der Waals surface area (Å²) in [6.45, 7) is 5.24. The van der Waals surface area contributed by atoms with Crippen LogP contribution in [0.2, 0.25) is 0 Å². The van der Waals surface area contributed by atoms with Gasteiger partial charge in [0.25, 0.3) is 20.2 Å². The first-order valence-electron chi connectivity index (χ1n) is 8.74. The van der Waals surface area contributed by atoms with E-state index in [-0.39, 0.29) is 29.6 Å². The Morgan fingerprint density at radius 3 is 1.96 bits per heavy atom. The van der Waals surface area contributed by atoms with Crippen LogP contribution in [-0.4, -0.2) is 36.7 Å². The fraction of sp³-hybridized carbons (Fsp3) is 0.368. The normalized spacial score (nSPS) is 12.1. The number of benzene rings is 2. The van der Waals surface area contributed by atoms with Crippen LogP contribution in [0.1, 0.15) is 24.5 Å². The van der Waals surface area contributed by atoms with E-state index in [4.69, 9.17) is 13.1 Å². The average Bonchev–Trinajstić information content (AvgIpc) is 2.65. The lowest BCUT2D eigenvalue weighted by atomic mass is 10.2. The summed E-state index contributed by atoms with van der Waals surface area (Å²) in [4.78, 5) is 0.0465. The molecule has 28 heavy (non-hydrogen) atoms. The molecule has 2 rings (SSSR count). The molecular formula is C19H24O7S2. The molecule has 0 radical (unpaired) electrons. The minimum absolute atomic E-state index is 0.0188. The van der Waals surface area contributed by atoms with Crippen molar-refractivity contribution in [3.05, 3.63) is 53.6 Å². The topological polar surface area (TPSA) is 96.0 Å². The van der Waals surface area contributed by atoms with Gasteiger partial charge in [-0.15, -0.1) is 0 Å². The summed E-state index contributed by atoms with van der Waals surface area (Å²) in [5, 5.41) is 0. The number of rotatable bonds is 10. The second-order valence-electron chi connectivity index (χ2n) is 6.14. The monoisotopic (exact) mass is 428 g/mol. The molecule has 0 bridgehead atoms. The predicted octanol–water partition coefficient (Wildman–Crippen LogP) is 3.20. The van der Waals surface area contributed by atoms with Gasteiger partial charge in [-0.2, -0.15) is 16.8 Å². The van der Waals surface area contributed by atoms with Crippen LogP contribution in [0.3, 0.4) is 0 Å². The molecule has 0 saturated heterocycles. The van der Waals surface area contributed by atoms with Crippen molar-refractivity contribution in [2.24, 2.45) is 0 Å². The average molecular weight is 429 g/mol. The Balaban J connectivity index is 1.99. The highest BCUT2D eigenvalue weighted by Crippen LogP contribution is 2.24. The maximum absolute atomic E-state index is 12.1. The second kappa shape index (κ2) is 9.51. The van der Waals surface area contributed by atoms with E-state index in [1.54, 1.807) is 25.1 Å². The van der Waals surface area contributed by atoms with E-state index in [0.29, 0.717) is 17.7 Å². The molecule has 154 valence electrons. The van der Waals surface area contributed by atoms with Crippen LogP contribution in [0.5, 0.6) is 5.75 Å². The van der Waals surface area contributed by atoms with Crippen molar-refractivity contribution in [3.63, 3.8) is 0 Å². The Morgan fingerprint density at radius 1 is 0.750 bits per heavy atom. The van der Waals surface area contributed by atoms with E-state index in [2.05, 4.69) is 0 Å². The Hall–Kier alpha value is -1.94. The molecule has 0 aromatic heterocycles. The summed E-state index contributed by atoms with van der Waals surface area (Å²) in [7, 11) is -7.74. The minimum Gasteiger partial charge on any atom is -0.491 e. The number of hydrogen-bond donors (Lipinski definition) is 0. The molecule has 0 aliphatic rings. The minimum atomic E-state index is -3.88. The van der Waals surface area contributed by atoms with Crippen LogP contribution < -0.4 is 4.74 Å². The van der Waals surface area contributed by atoms with Gasteiger partial charge in [0.05, 0.1) is 16.4 Å². The standard InChI is InChI=1S/C19H24O7S2/c1-4-11-25-28(22,23)18-10-7-16(3)19(14-18)24-12-13-26-27(20,21)17-8-5-15(2)6-9-17/h5-10,14H,4,11-13H2,1-3H3. The third kappa shape index (κ3) is 6.03. The van der Waals surface area contributed by atoms with Crippen molar-refractivity contribution in [2.75, 3.05) is 19.8 Å². The van der Waals surface area contributed by atoms with Crippen LogP contribution >= 0.6 is 0 Å². The third-order valence-electron chi connectivity index (χ3n) is 3.78. The van der Waals surface area contributed by atoms with Gasteiger partial charge in [-0.05, 0) is 44.0 Å². The number of aryl methyl sites for hydroxylation is 2. The first kappa shape index (κ1) is 22.4. The molecule has 0 amide bonds. The lowest BCUT2D eigenvalue weighted by Gasteiger charge is -2.12. The molecule has 2 aromatic carbocycles. The Bertz CT molecular complexity index is 995. The van der Waals surface area contributed by atoms with E-state index in [0.717, 1.165) is 5.56 Å². The van der Waals surface area contributed by atoms with E-state index >= 15 is 0 Å². The highest BCUT2D eigenvalue weighted by molar-refractivity contribution is 7.87. The SMILES string of the molecule is CCCOS(=O)(=O)c1ccc(C)c(OCCOS(=O)(=O)c2ccc(C)cc2)c1. The van der Waals surface area contributed by atoms with Crippen LogP contribution in [0.4, 0.5) is 0 Å². The van der Waals surface area contributed by atoms with Crippen molar-refractivity contribution in [2.45, 2.75) is 37.0 Å². The van der Waals surface area contributed by atoms with Crippen LogP contribution in [0.25, 0.3) is 0 Å². The fourth-order valence-electron chi connectivity index (χ4n) is 2.22. The van der Waals surface area contributed by atoms with Crippen molar-refractivity contribution in [1.82, 2.24) is 0 Å². The Labute approximate surface area is 166 Å².